The molecule has 0 radical (unpaired) electrons. The predicted octanol–water partition coefficient (Wildman–Crippen LogP) is 2.81. The average molecular weight is 252 g/mol. The van der Waals surface area contributed by atoms with Crippen LogP contribution in [0.4, 0.5) is 13.2 Å². The summed E-state index contributed by atoms with van der Waals surface area (Å²) in [7, 11) is -3.29. The summed E-state index contributed by atoms with van der Waals surface area (Å²) in [5.41, 5.74) is -0.424. The van der Waals surface area contributed by atoms with E-state index in [2.05, 4.69) is 0 Å². The van der Waals surface area contributed by atoms with Gasteiger partial charge in [-0.25, -0.2) is 8.42 Å². The van der Waals surface area contributed by atoms with Crippen LogP contribution in [0.2, 0.25) is 0 Å². The van der Waals surface area contributed by atoms with Crippen molar-refractivity contribution in [3.63, 3.8) is 0 Å². The van der Waals surface area contributed by atoms with Crippen LogP contribution in [0.5, 0.6) is 0 Å². The maximum atomic E-state index is 12.2. The van der Waals surface area contributed by atoms with Gasteiger partial charge in [0.1, 0.15) is 0 Å². The van der Waals surface area contributed by atoms with E-state index in [1.54, 1.807) is 0 Å². The Bertz CT molecular complexity index is 460. The molecule has 0 bridgehead atoms. The fraction of sp³-hybridized carbons (Fsp3) is 0.400. The van der Waals surface area contributed by atoms with Crippen LogP contribution in [0, 0.1) is 0 Å². The van der Waals surface area contributed by atoms with Crippen LogP contribution in [0.3, 0.4) is 0 Å². The zero-order chi connectivity index (χ0) is 12.6. The van der Waals surface area contributed by atoms with Crippen molar-refractivity contribution in [1.29, 1.82) is 0 Å². The van der Waals surface area contributed by atoms with Gasteiger partial charge in [0.25, 0.3) is 0 Å². The molecule has 1 atom stereocenters. The summed E-state index contributed by atoms with van der Waals surface area (Å²) in [6.45, 7) is 1.44. The molecule has 16 heavy (non-hydrogen) atoms. The van der Waals surface area contributed by atoms with E-state index in [0.717, 1.165) is 18.4 Å². The summed E-state index contributed by atoms with van der Waals surface area (Å²) in [4.78, 5) is 0. The summed E-state index contributed by atoms with van der Waals surface area (Å²) in [6, 6.07) is 4.15. The Balaban J connectivity index is 3.05. The number of halogens is 3. The molecular weight excluding hydrogens is 241 g/mol. The highest BCUT2D eigenvalue weighted by Gasteiger charge is 2.30. The first kappa shape index (κ1) is 13.0. The van der Waals surface area contributed by atoms with Crippen molar-refractivity contribution in [3.05, 3.63) is 35.4 Å². The summed E-state index contributed by atoms with van der Waals surface area (Å²) in [6.07, 6.45) is -3.35. The van der Waals surface area contributed by atoms with E-state index in [1.165, 1.54) is 19.1 Å². The molecule has 1 rings (SSSR count). The summed E-state index contributed by atoms with van der Waals surface area (Å²) in [5, 5.41) is -0.796. The molecule has 0 aromatic heterocycles. The summed E-state index contributed by atoms with van der Waals surface area (Å²) < 4.78 is 59.1. The normalized spacial score (nSPS) is 14.8. The van der Waals surface area contributed by atoms with E-state index in [1.807, 2.05) is 0 Å². The van der Waals surface area contributed by atoms with Gasteiger partial charge < -0.3 is 0 Å². The Morgan fingerprint density at radius 2 is 1.56 bits per heavy atom. The zero-order valence-corrected chi connectivity index (χ0v) is 9.56. The average Bonchev–Trinajstić information content (AvgIpc) is 2.14. The van der Waals surface area contributed by atoms with Gasteiger partial charge in [-0.3, -0.25) is 0 Å². The molecule has 0 aliphatic heterocycles. The fourth-order valence-electron chi connectivity index (χ4n) is 1.19. The van der Waals surface area contributed by atoms with Gasteiger partial charge >= 0.3 is 6.18 Å². The molecule has 6 heteroatoms. The van der Waals surface area contributed by atoms with Crippen LogP contribution in [0.25, 0.3) is 0 Å². The van der Waals surface area contributed by atoms with Crippen molar-refractivity contribution in [2.75, 3.05) is 6.26 Å². The molecule has 0 saturated heterocycles. The third kappa shape index (κ3) is 2.98. The molecule has 0 N–H and O–H groups in total. The Hall–Kier alpha value is -1.04. The second-order valence-electron chi connectivity index (χ2n) is 3.59. The van der Waals surface area contributed by atoms with E-state index < -0.39 is 26.8 Å². The molecule has 0 aliphatic carbocycles. The van der Waals surface area contributed by atoms with E-state index in [4.69, 9.17) is 0 Å². The van der Waals surface area contributed by atoms with Gasteiger partial charge in [0.05, 0.1) is 10.8 Å². The fourth-order valence-corrected chi connectivity index (χ4v) is 1.84. The maximum Gasteiger partial charge on any atom is 0.416 e. The highest BCUT2D eigenvalue weighted by atomic mass is 32.2. The van der Waals surface area contributed by atoms with Crippen molar-refractivity contribution in [2.45, 2.75) is 18.3 Å². The first-order valence-electron chi connectivity index (χ1n) is 4.48. The quantitative estimate of drug-likeness (QED) is 0.811. The highest BCUT2D eigenvalue weighted by Crippen LogP contribution is 2.30. The van der Waals surface area contributed by atoms with Gasteiger partial charge in [-0.1, -0.05) is 12.1 Å². The smallest absolute Gasteiger partial charge is 0.229 e. The van der Waals surface area contributed by atoms with Crippen LogP contribution in [0.1, 0.15) is 23.3 Å². The van der Waals surface area contributed by atoms with Gasteiger partial charge in [0.15, 0.2) is 9.84 Å². The molecule has 1 unspecified atom stereocenters. The molecule has 1 aromatic carbocycles. The predicted molar refractivity (Wildman–Crippen MR) is 54.7 cm³/mol. The molecule has 2 nitrogen and oxygen atoms in total. The number of hydrogen-bond acceptors (Lipinski definition) is 2. The minimum atomic E-state index is -4.40. The van der Waals surface area contributed by atoms with E-state index >= 15 is 0 Å². The molecule has 0 saturated carbocycles. The number of rotatable bonds is 2. The van der Waals surface area contributed by atoms with Crippen molar-refractivity contribution >= 4 is 9.84 Å². The van der Waals surface area contributed by atoms with Crippen molar-refractivity contribution in [1.82, 2.24) is 0 Å². The van der Waals surface area contributed by atoms with Gasteiger partial charge in [-0.2, -0.15) is 13.2 Å². The number of sulfone groups is 1. The SMILES string of the molecule is CC(c1ccc(C(F)(F)F)cc1)S(C)(=O)=O. The van der Waals surface area contributed by atoms with Crippen LogP contribution in [-0.2, 0) is 16.0 Å². The Labute approximate surface area is 92.0 Å². The third-order valence-corrected chi connectivity index (χ3v) is 3.91. The standard InChI is InChI=1S/C10H11F3O2S/c1-7(16(2,14)15)8-3-5-9(6-4-8)10(11,12)13/h3-7H,1-2H3. The monoisotopic (exact) mass is 252 g/mol. The minimum Gasteiger partial charge on any atom is -0.229 e. The lowest BCUT2D eigenvalue weighted by atomic mass is 10.1. The Kier molecular flexibility index (Phi) is 3.33. The van der Waals surface area contributed by atoms with Gasteiger partial charge in [0, 0.05) is 6.26 Å². The van der Waals surface area contributed by atoms with Crippen LogP contribution in [0.15, 0.2) is 24.3 Å². The first-order chi connectivity index (χ1) is 7.12. The largest absolute Gasteiger partial charge is 0.416 e. The Morgan fingerprint density at radius 3 is 1.88 bits per heavy atom. The van der Waals surface area contributed by atoms with Crippen LogP contribution >= 0.6 is 0 Å². The lowest BCUT2D eigenvalue weighted by Crippen LogP contribution is -2.09. The second-order valence-corrected chi connectivity index (χ2v) is 5.96. The zero-order valence-electron chi connectivity index (χ0n) is 8.75. The topological polar surface area (TPSA) is 34.1 Å². The highest BCUT2D eigenvalue weighted by molar-refractivity contribution is 7.90. The molecular formula is C10H11F3O2S. The first-order valence-corrected chi connectivity index (χ1v) is 6.44. The van der Waals surface area contributed by atoms with E-state index in [9.17, 15) is 21.6 Å². The van der Waals surface area contributed by atoms with Gasteiger partial charge in [-0.05, 0) is 24.6 Å². The Morgan fingerprint density at radius 1 is 1.12 bits per heavy atom. The lowest BCUT2D eigenvalue weighted by molar-refractivity contribution is -0.137. The molecule has 0 amide bonds. The van der Waals surface area contributed by atoms with Gasteiger partial charge in [-0.15, -0.1) is 0 Å². The minimum absolute atomic E-state index is 0.357. The summed E-state index contributed by atoms with van der Waals surface area (Å²) in [5.74, 6) is 0. The van der Waals surface area contributed by atoms with Crippen molar-refractivity contribution in [2.24, 2.45) is 0 Å². The maximum absolute atomic E-state index is 12.2. The van der Waals surface area contributed by atoms with Crippen molar-refractivity contribution < 1.29 is 21.6 Å². The second kappa shape index (κ2) is 4.08. The van der Waals surface area contributed by atoms with E-state index in [0.29, 0.717) is 5.56 Å². The van der Waals surface area contributed by atoms with Crippen LogP contribution in [-0.4, -0.2) is 14.7 Å². The number of hydrogen-bond donors (Lipinski definition) is 0. The molecule has 0 aliphatic rings. The number of benzene rings is 1. The molecule has 0 spiro atoms. The third-order valence-electron chi connectivity index (χ3n) is 2.35. The van der Waals surface area contributed by atoms with E-state index in [-0.39, 0.29) is 0 Å². The van der Waals surface area contributed by atoms with Crippen molar-refractivity contribution in [3.8, 4) is 0 Å². The molecule has 1 aromatic rings. The van der Waals surface area contributed by atoms with Gasteiger partial charge in [0.2, 0.25) is 0 Å². The van der Waals surface area contributed by atoms with Crippen LogP contribution < -0.4 is 0 Å². The molecule has 0 heterocycles. The molecule has 90 valence electrons. The molecule has 0 fully saturated rings. The lowest BCUT2D eigenvalue weighted by Gasteiger charge is -2.11. The number of alkyl halides is 3. The summed E-state index contributed by atoms with van der Waals surface area (Å²) >= 11 is 0.